The van der Waals surface area contributed by atoms with Crippen LogP contribution in [-0.4, -0.2) is 42.6 Å². The quantitative estimate of drug-likeness (QED) is 0.818. The van der Waals surface area contributed by atoms with Crippen molar-refractivity contribution in [3.05, 3.63) is 11.1 Å². The molecule has 1 saturated heterocycles. The van der Waals surface area contributed by atoms with Crippen molar-refractivity contribution in [3.8, 4) is 0 Å². The second kappa shape index (κ2) is 4.81. The van der Waals surface area contributed by atoms with Gasteiger partial charge in [0, 0.05) is 31.6 Å². The molecule has 1 aromatic rings. The maximum absolute atomic E-state index is 12.4. The predicted molar refractivity (Wildman–Crippen MR) is 61.4 cm³/mol. The summed E-state index contributed by atoms with van der Waals surface area (Å²) in [7, 11) is 0. The van der Waals surface area contributed by atoms with Gasteiger partial charge >= 0.3 is 6.18 Å². The summed E-state index contributed by atoms with van der Waals surface area (Å²) in [6.07, 6.45) is -4.33. The minimum atomic E-state index is -4.33. The number of halogens is 3. The summed E-state index contributed by atoms with van der Waals surface area (Å²) in [6, 6.07) is 0. The third-order valence-electron chi connectivity index (χ3n) is 2.87. The molecule has 1 aliphatic heterocycles. The first kappa shape index (κ1) is 12.6. The number of thiazole rings is 1. The van der Waals surface area contributed by atoms with E-state index in [1.165, 1.54) is 0 Å². The maximum atomic E-state index is 12.4. The molecule has 0 saturated carbocycles. The Balaban J connectivity index is 2.02. The lowest BCUT2D eigenvalue weighted by Gasteiger charge is -2.33. The number of hydrogen-bond donors (Lipinski definition) is 0. The van der Waals surface area contributed by atoms with Crippen molar-refractivity contribution in [2.75, 3.05) is 37.6 Å². The van der Waals surface area contributed by atoms with Crippen LogP contribution in [0.5, 0.6) is 0 Å². The summed E-state index contributed by atoms with van der Waals surface area (Å²) in [4.78, 5) is 7.85. The average molecular weight is 265 g/mol. The number of aromatic nitrogens is 1. The lowest BCUT2D eigenvalue weighted by molar-refractivity contribution is -0.140. The van der Waals surface area contributed by atoms with Gasteiger partial charge in [-0.05, 0) is 6.54 Å². The minimum Gasteiger partial charge on any atom is -0.346 e. The molecule has 0 N–H and O–H groups in total. The molecule has 0 unspecified atom stereocenters. The third kappa shape index (κ3) is 2.90. The second-order valence-electron chi connectivity index (χ2n) is 3.93. The Hall–Kier alpha value is -0.820. The van der Waals surface area contributed by atoms with Gasteiger partial charge in [-0.15, -0.1) is 11.3 Å². The smallest absolute Gasteiger partial charge is 0.346 e. The molecule has 3 nitrogen and oxygen atoms in total. The van der Waals surface area contributed by atoms with Gasteiger partial charge in [-0.1, -0.05) is 6.92 Å². The third-order valence-corrected chi connectivity index (χ3v) is 3.77. The molecule has 0 atom stereocenters. The van der Waals surface area contributed by atoms with Crippen LogP contribution >= 0.6 is 11.3 Å². The zero-order chi connectivity index (χ0) is 12.5. The molecule has 0 radical (unpaired) electrons. The first-order valence-corrected chi connectivity index (χ1v) is 6.38. The zero-order valence-electron chi connectivity index (χ0n) is 9.50. The highest BCUT2D eigenvalue weighted by atomic mass is 32.1. The topological polar surface area (TPSA) is 19.4 Å². The number of piperazine rings is 1. The Morgan fingerprint density at radius 1 is 1.29 bits per heavy atom. The summed E-state index contributed by atoms with van der Waals surface area (Å²) in [6.45, 7) is 6.34. The van der Waals surface area contributed by atoms with Gasteiger partial charge in [0.25, 0.3) is 0 Å². The lowest BCUT2D eigenvalue weighted by Crippen LogP contribution is -2.46. The van der Waals surface area contributed by atoms with E-state index >= 15 is 0 Å². The van der Waals surface area contributed by atoms with Crippen molar-refractivity contribution in [3.63, 3.8) is 0 Å². The largest absolute Gasteiger partial charge is 0.434 e. The van der Waals surface area contributed by atoms with Crippen LogP contribution in [0.4, 0.5) is 18.3 Å². The lowest BCUT2D eigenvalue weighted by atomic mass is 10.3. The Morgan fingerprint density at radius 2 is 1.94 bits per heavy atom. The fraction of sp³-hybridized carbons (Fsp3) is 0.700. The van der Waals surface area contributed by atoms with Crippen molar-refractivity contribution in [2.24, 2.45) is 0 Å². The highest BCUT2D eigenvalue weighted by Gasteiger charge is 2.34. The highest BCUT2D eigenvalue weighted by molar-refractivity contribution is 7.13. The molecular weight excluding hydrogens is 251 g/mol. The normalized spacial score (nSPS) is 18.7. The standard InChI is InChI=1S/C10H14F3N3S/c1-2-15-3-5-16(6-4-15)9-14-8(7-17-9)10(11,12)13/h7H,2-6H2,1H3. The zero-order valence-corrected chi connectivity index (χ0v) is 10.3. The van der Waals surface area contributed by atoms with E-state index < -0.39 is 11.9 Å². The molecule has 96 valence electrons. The van der Waals surface area contributed by atoms with E-state index in [0.29, 0.717) is 5.13 Å². The number of hydrogen-bond acceptors (Lipinski definition) is 4. The maximum Gasteiger partial charge on any atom is 0.434 e. The monoisotopic (exact) mass is 265 g/mol. The van der Waals surface area contributed by atoms with Crippen LogP contribution in [0.3, 0.4) is 0 Å². The van der Waals surface area contributed by atoms with Crippen LogP contribution in [0.2, 0.25) is 0 Å². The van der Waals surface area contributed by atoms with Gasteiger partial charge in [0.15, 0.2) is 10.8 Å². The summed E-state index contributed by atoms with van der Waals surface area (Å²) in [5.74, 6) is 0. The Morgan fingerprint density at radius 3 is 2.41 bits per heavy atom. The van der Waals surface area contributed by atoms with Crippen molar-refractivity contribution >= 4 is 16.5 Å². The van der Waals surface area contributed by atoms with Gasteiger partial charge in [-0.2, -0.15) is 13.2 Å². The van der Waals surface area contributed by atoms with Gasteiger partial charge in [0.05, 0.1) is 0 Å². The summed E-state index contributed by atoms with van der Waals surface area (Å²) in [5.41, 5.74) is -0.782. The molecule has 1 fully saturated rings. The first-order valence-electron chi connectivity index (χ1n) is 5.50. The van der Waals surface area contributed by atoms with E-state index in [4.69, 9.17) is 0 Å². The van der Waals surface area contributed by atoms with Gasteiger partial charge in [-0.3, -0.25) is 0 Å². The fourth-order valence-corrected chi connectivity index (χ4v) is 2.68. The fourth-order valence-electron chi connectivity index (χ4n) is 1.80. The van der Waals surface area contributed by atoms with E-state index in [9.17, 15) is 13.2 Å². The highest BCUT2D eigenvalue weighted by Crippen LogP contribution is 2.33. The Bertz CT molecular complexity index is 369. The van der Waals surface area contributed by atoms with E-state index in [0.717, 1.165) is 49.4 Å². The van der Waals surface area contributed by atoms with Crippen molar-refractivity contribution in [1.29, 1.82) is 0 Å². The number of rotatable bonds is 2. The van der Waals surface area contributed by atoms with Crippen LogP contribution in [0.15, 0.2) is 5.38 Å². The van der Waals surface area contributed by atoms with Gasteiger partial charge in [0.2, 0.25) is 0 Å². The molecule has 2 rings (SSSR count). The molecule has 1 aliphatic rings. The Labute approximate surface area is 102 Å². The molecule has 0 spiro atoms. The van der Waals surface area contributed by atoms with E-state index in [1.54, 1.807) is 0 Å². The predicted octanol–water partition coefficient (Wildman–Crippen LogP) is 2.30. The molecular formula is C10H14F3N3S. The molecule has 0 bridgehead atoms. The van der Waals surface area contributed by atoms with Crippen LogP contribution in [0.25, 0.3) is 0 Å². The number of likely N-dealkylation sites (N-methyl/N-ethyl adjacent to an activating group) is 1. The molecule has 1 aromatic heterocycles. The molecule has 2 heterocycles. The molecule has 0 aliphatic carbocycles. The SMILES string of the molecule is CCN1CCN(c2nc(C(F)(F)F)cs2)CC1. The van der Waals surface area contributed by atoms with Crippen molar-refractivity contribution in [1.82, 2.24) is 9.88 Å². The van der Waals surface area contributed by atoms with Gasteiger partial charge in [0.1, 0.15) is 0 Å². The van der Waals surface area contributed by atoms with Crippen LogP contribution in [0.1, 0.15) is 12.6 Å². The average Bonchev–Trinajstić information content (AvgIpc) is 2.78. The van der Waals surface area contributed by atoms with Gasteiger partial charge < -0.3 is 9.80 Å². The molecule has 0 amide bonds. The Kier molecular flexibility index (Phi) is 3.58. The molecule has 0 aromatic carbocycles. The van der Waals surface area contributed by atoms with Crippen LogP contribution in [-0.2, 0) is 6.18 Å². The number of nitrogens with zero attached hydrogens (tertiary/aromatic N) is 3. The van der Waals surface area contributed by atoms with E-state index in [1.807, 2.05) is 4.90 Å². The van der Waals surface area contributed by atoms with E-state index in [-0.39, 0.29) is 0 Å². The van der Waals surface area contributed by atoms with Crippen LogP contribution in [0, 0.1) is 0 Å². The summed E-state index contributed by atoms with van der Waals surface area (Å²) >= 11 is 1.07. The van der Waals surface area contributed by atoms with Crippen LogP contribution < -0.4 is 4.90 Å². The summed E-state index contributed by atoms with van der Waals surface area (Å²) in [5, 5.41) is 1.56. The first-order chi connectivity index (χ1) is 8.00. The van der Waals surface area contributed by atoms with Crippen molar-refractivity contribution < 1.29 is 13.2 Å². The number of anilines is 1. The molecule has 17 heavy (non-hydrogen) atoms. The molecule has 7 heteroatoms. The van der Waals surface area contributed by atoms with Gasteiger partial charge in [-0.25, -0.2) is 4.98 Å². The second-order valence-corrected chi connectivity index (χ2v) is 4.77. The van der Waals surface area contributed by atoms with Crippen molar-refractivity contribution in [2.45, 2.75) is 13.1 Å². The van der Waals surface area contributed by atoms with E-state index in [2.05, 4.69) is 16.8 Å². The summed E-state index contributed by atoms with van der Waals surface area (Å²) < 4.78 is 37.2. The number of alkyl halides is 3. The minimum absolute atomic E-state index is 0.480.